The number of aryl methyl sites for hydroxylation is 2. The highest BCUT2D eigenvalue weighted by Crippen LogP contribution is 2.31. The minimum Gasteiger partial charge on any atom is -0.352 e. The Morgan fingerprint density at radius 1 is 1.30 bits per heavy atom. The maximum absolute atomic E-state index is 13.7. The Morgan fingerprint density at radius 3 is 2.73 bits per heavy atom. The highest BCUT2D eigenvalue weighted by atomic mass is 16.2. The van der Waals surface area contributed by atoms with Crippen LogP contribution in [0.2, 0.25) is 0 Å². The van der Waals surface area contributed by atoms with Crippen molar-refractivity contribution in [1.29, 1.82) is 0 Å². The van der Waals surface area contributed by atoms with Gasteiger partial charge >= 0.3 is 0 Å². The van der Waals surface area contributed by atoms with Crippen LogP contribution in [0.25, 0.3) is 0 Å². The molecule has 172 valence electrons. The van der Waals surface area contributed by atoms with Gasteiger partial charge < -0.3 is 15.5 Å². The molecule has 7 nitrogen and oxygen atoms in total. The van der Waals surface area contributed by atoms with Crippen molar-refractivity contribution in [2.75, 3.05) is 5.32 Å². The van der Waals surface area contributed by atoms with Gasteiger partial charge in [-0.1, -0.05) is 24.3 Å². The third-order valence-electron chi connectivity index (χ3n) is 6.02. The van der Waals surface area contributed by atoms with Gasteiger partial charge in [-0.25, -0.2) is 0 Å². The van der Waals surface area contributed by atoms with Crippen LogP contribution < -0.4 is 10.6 Å². The molecule has 1 aliphatic heterocycles. The summed E-state index contributed by atoms with van der Waals surface area (Å²) in [5.41, 5.74) is 5.98. The lowest BCUT2D eigenvalue weighted by Crippen LogP contribution is -2.30. The van der Waals surface area contributed by atoms with Gasteiger partial charge in [0.15, 0.2) is 0 Å². The molecule has 33 heavy (non-hydrogen) atoms. The summed E-state index contributed by atoms with van der Waals surface area (Å²) in [7, 11) is 1.86. The van der Waals surface area contributed by atoms with E-state index >= 15 is 0 Å². The molecule has 0 unspecified atom stereocenters. The van der Waals surface area contributed by atoms with Crippen LogP contribution >= 0.6 is 0 Å². The van der Waals surface area contributed by atoms with Gasteiger partial charge in [-0.15, -0.1) is 0 Å². The smallest absolute Gasteiger partial charge is 0.258 e. The van der Waals surface area contributed by atoms with E-state index in [0.29, 0.717) is 24.4 Å². The van der Waals surface area contributed by atoms with E-state index in [-0.39, 0.29) is 17.7 Å². The van der Waals surface area contributed by atoms with Gasteiger partial charge in [-0.3, -0.25) is 14.3 Å². The van der Waals surface area contributed by atoms with Crippen LogP contribution in [0, 0.1) is 12.8 Å². The van der Waals surface area contributed by atoms with Crippen LogP contribution in [-0.2, 0) is 24.9 Å². The van der Waals surface area contributed by atoms with E-state index in [0.717, 1.165) is 46.6 Å². The zero-order valence-corrected chi connectivity index (χ0v) is 19.7. The SMILES string of the molecule is C=C1Nc2c(cnn2C)CN(C(=O)c2ccc(CNC(=O)C3CC3)c(C)c2)/C1=C/C=C(C)C. The molecule has 4 rings (SSSR count). The van der Waals surface area contributed by atoms with E-state index < -0.39 is 0 Å². The number of fused-ring (bicyclic) bond motifs is 1. The standard InChI is InChI=1S/C26H31N5O2/c1-16(2)6-11-23-18(4)29-24-22(14-28-30(24)5)15-31(23)26(33)20-9-10-21(17(3)12-20)13-27-25(32)19-7-8-19/h6,9-12,14,19,29H,4,7-8,13,15H2,1-3,5H3,(H,27,32)/b23-11+. The van der Waals surface area contributed by atoms with E-state index in [9.17, 15) is 9.59 Å². The van der Waals surface area contributed by atoms with Crippen molar-refractivity contribution in [2.45, 2.75) is 46.7 Å². The first kappa shape index (κ1) is 22.6. The monoisotopic (exact) mass is 445 g/mol. The zero-order valence-electron chi connectivity index (χ0n) is 19.7. The second kappa shape index (κ2) is 9.10. The van der Waals surface area contributed by atoms with Crippen LogP contribution in [0.15, 0.2) is 60.1 Å². The summed E-state index contributed by atoms with van der Waals surface area (Å²) < 4.78 is 1.75. The summed E-state index contributed by atoms with van der Waals surface area (Å²) in [6.45, 7) is 11.0. The first-order valence-corrected chi connectivity index (χ1v) is 11.3. The highest BCUT2D eigenvalue weighted by molar-refractivity contribution is 5.96. The first-order chi connectivity index (χ1) is 15.7. The molecule has 1 aromatic heterocycles. The predicted octanol–water partition coefficient (Wildman–Crippen LogP) is 4.19. The van der Waals surface area contributed by atoms with Gasteiger partial charge in [0.1, 0.15) is 5.82 Å². The van der Waals surface area contributed by atoms with Crippen molar-refractivity contribution in [1.82, 2.24) is 20.0 Å². The van der Waals surface area contributed by atoms with Crippen molar-refractivity contribution < 1.29 is 9.59 Å². The van der Waals surface area contributed by atoms with Crippen LogP contribution in [0.3, 0.4) is 0 Å². The van der Waals surface area contributed by atoms with E-state index in [1.165, 1.54) is 0 Å². The molecule has 1 saturated carbocycles. The summed E-state index contributed by atoms with van der Waals surface area (Å²) >= 11 is 0. The molecule has 0 bridgehead atoms. The number of hydrogen-bond acceptors (Lipinski definition) is 4. The number of amides is 2. The maximum Gasteiger partial charge on any atom is 0.258 e. The number of hydrogen-bond donors (Lipinski definition) is 2. The largest absolute Gasteiger partial charge is 0.352 e. The molecule has 7 heteroatoms. The third kappa shape index (κ3) is 4.92. The Hall–Kier alpha value is -3.61. The van der Waals surface area contributed by atoms with Crippen molar-refractivity contribution >= 4 is 17.6 Å². The average molecular weight is 446 g/mol. The number of aromatic nitrogens is 2. The highest BCUT2D eigenvalue weighted by Gasteiger charge is 2.30. The molecule has 0 atom stereocenters. The molecule has 2 heterocycles. The van der Waals surface area contributed by atoms with Crippen molar-refractivity contribution in [3.63, 3.8) is 0 Å². The Labute approximate surface area is 194 Å². The van der Waals surface area contributed by atoms with Crippen LogP contribution in [0.4, 0.5) is 5.82 Å². The topological polar surface area (TPSA) is 79.3 Å². The second-order valence-electron chi connectivity index (χ2n) is 9.07. The number of benzene rings is 1. The van der Waals surface area contributed by atoms with Gasteiger partial charge in [0.05, 0.1) is 24.1 Å². The van der Waals surface area contributed by atoms with Gasteiger partial charge in [-0.05, 0) is 62.9 Å². The van der Waals surface area contributed by atoms with Gasteiger partial charge in [0, 0.05) is 30.6 Å². The summed E-state index contributed by atoms with van der Waals surface area (Å²) in [6.07, 6.45) is 7.64. The molecule has 2 amide bonds. The first-order valence-electron chi connectivity index (χ1n) is 11.3. The fourth-order valence-corrected chi connectivity index (χ4v) is 3.86. The number of nitrogens with one attached hydrogen (secondary N) is 2. The minimum absolute atomic E-state index is 0.111. The van der Waals surface area contributed by atoms with Crippen LogP contribution in [-0.4, -0.2) is 26.5 Å². The molecule has 0 radical (unpaired) electrons. The molecule has 2 aliphatic rings. The normalized spacial score (nSPS) is 16.7. The Kier molecular flexibility index (Phi) is 6.22. The summed E-state index contributed by atoms with van der Waals surface area (Å²) in [4.78, 5) is 27.4. The molecule has 0 spiro atoms. The number of nitrogens with zero attached hydrogens (tertiary/aromatic N) is 3. The summed E-state index contributed by atoms with van der Waals surface area (Å²) in [6, 6.07) is 5.65. The summed E-state index contributed by atoms with van der Waals surface area (Å²) in [5.74, 6) is 1.02. The molecule has 2 aromatic rings. The van der Waals surface area contributed by atoms with Crippen molar-refractivity contribution in [2.24, 2.45) is 13.0 Å². The van der Waals surface area contributed by atoms with E-state index in [2.05, 4.69) is 22.3 Å². The van der Waals surface area contributed by atoms with Crippen molar-refractivity contribution in [3.8, 4) is 0 Å². The number of carbonyl (C=O) groups excluding carboxylic acids is 2. The maximum atomic E-state index is 13.7. The molecule has 1 aliphatic carbocycles. The van der Waals surface area contributed by atoms with E-state index in [1.54, 1.807) is 15.8 Å². The Morgan fingerprint density at radius 2 is 2.06 bits per heavy atom. The molecule has 2 N–H and O–H groups in total. The second-order valence-corrected chi connectivity index (χ2v) is 9.07. The Balaban J connectivity index is 1.62. The van der Waals surface area contributed by atoms with Gasteiger partial charge in [0.2, 0.25) is 5.91 Å². The van der Waals surface area contributed by atoms with E-state index in [4.69, 9.17) is 0 Å². The third-order valence-corrected chi connectivity index (χ3v) is 6.02. The fraction of sp³-hybridized carbons (Fsp3) is 0.346. The summed E-state index contributed by atoms with van der Waals surface area (Å²) in [5, 5.41) is 10.6. The molecule has 0 saturated heterocycles. The Bertz CT molecular complexity index is 1180. The predicted molar refractivity (Wildman–Crippen MR) is 129 cm³/mol. The molecule has 1 aromatic carbocycles. The molecular weight excluding hydrogens is 414 g/mol. The lowest BCUT2D eigenvalue weighted by atomic mass is 10.0. The van der Waals surface area contributed by atoms with Crippen LogP contribution in [0.5, 0.6) is 0 Å². The van der Waals surface area contributed by atoms with Crippen LogP contribution in [0.1, 0.15) is 53.7 Å². The molecule has 1 fully saturated rings. The lowest BCUT2D eigenvalue weighted by Gasteiger charge is -2.24. The average Bonchev–Trinajstić information content (AvgIpc) is 3.58. The number of rotatable bonds is 5. The lowest BCUT2D eigenvalue weighted by molar-refractivity contribution is -0.122. The fourth-order valence-electron chi connectivity index (χ4n) is 3.86. The quantitative estimate of drug-likeness (QED) is 0.723. The van der Waals surface area contributed by atoms with Gasteiger partial charge in [0.25, 0.3) is 5.91 Å². The molecular formula is C26H31N5O2. The number of allylic oxidation sites excluding steroid dienone is 3. The van der Waals surface area contributed by atoms with E-state index in [1.807, 2.05) is 58.2 Å². The number of anilines is 1. The van der Waals surface area contributed by atoms with Crippen molar-refractivity contribution in [3.05, 3.63) is 82.3 Å². The number of carbonyl (C=O) groups is 2. The van der Waals surface area contributed by atoms with Gasteiger partial charge in [-0.2, -0.15) is 5.10 Å². The minimum atomic E-state index is -0.111. The zero-order chi connectivity index (χ0) is 23.7.